The van der Waals surface area contributed by atoms with Crippen molar-refractivity contribution < 1.29 is 14.3 Å². The lowest BCUT2D eigenvalue weighted by Gasteiger charge is -2.38. The lowest BCUT2D eigenvalue weighted by atomic mass is 10.1. The Balaban J connectivity index is 1.54. The van der Waals surface area contributed by atoms with Crippen molar-refractivity contribution in [1.29, 1.82) is 0 Å². The lowest BCUT2D eigenvalue weighted by molar-refractivity contribution is 0.0695. The molecular weight excluding hydrogens is 443 g/mol. The van der Waals surface area contributed by atoms with Gasteiger partial charge in [-0.2, -0.15) is 0 Å². The summed E-state index contributed by atoms with van der Waals surface area (Å²) in [5, 5.41) is 9.90. The molecule has 0 unspecified atom stereocenters. The summed E-state index contributed by atoms with van der Waals surface area (Å²) in [4.78, 5) is 33.3. The Kier molecular flexibility index (Phi) is 5.02. The van der Waals surface area contributed by atoms with Crippen molar-refractivity contribution in [1.82, 2.24) is 9.55 Å². The molecular formula is C21H18ClFN4O3S. The van der Waals surface area contributed by atoms with E-state index < -0.39 is 17.2 Å². The molecule has 0 bridgehead atoms. The largest absolute Gasteiger partial charge is 0.477 e. The van der Waals surface area contributed by atoms with Gasteiger partial charge in [-0.1, -0.05) is 17.7 Å². The maximum Gasteiger partial charge on any atom is 0.341 e. The third kappa shape index (κ3) is 3.41. The SMILES string of the molecule is O=C(O)c1cn2c3c(c(N4CCN(c5cccc(Cl)n5)CC4)c(F)cc3c1=O)SCC2. The molecule has 4 heterocycles. The number of pyridine rings is 2. The Bertz CT molecular complexity index is 1270. The van der Waals surface area contributed by atoms with Gasteiger partial charge in [-0.05, 0) is 18.2 Å². The van der Waals surface area contributed by atoms with E-state index in [0.717, 1.165) is 5.82 Å². The zero-order valence-corrected chi connectivity index (χ0v) is 17.9. The molecule has 0 radical (unpaired) electrons. The first-order valence-corrected chi connectivity index (χ1v) is 11.2. The summed E-state index contributed by atoms with van der Waals surface area (Å²) < 4.78 is 17.1. The third-order valence-electron chi connectivity index (χ3n) is 5.67. The average molecular weight is 461 g/mol. The van der Waals surface area contributed by atoms with Crippen LogP contribution in [0.4, 0.5) is 15.9 Å². The van der Waals surface area contributed by atoms with Crippen LogP contribution in [0, 0.1) is 5.82 Å². The molecule has 2 aliphatic rings. The number of thioether (sulfide) groups is 1. The van der Waals surface area contributed by atoms with Crippen LogP contribution in [0.15, 0.2) is 40.2 Å². The van der Waals surface area contributed by atoms with Gasteiger partial charge in [0.25, 0.3) is 0 Å². The average Bonchev–Trinajstić information content (AvgIpc) is 2.76. The Morgan fingerprint density at radius 1 is 1.16 bits per heavy atom. The van der Waals surface area contributed by atoms with E-state index in [1.807, 2.05) is 17.0 Å². The van der Waals surface area contributed by atoms with Crippen LogP contribution in [0.2, 0.25) is 5.15 Å². The highest BCUT2D eigenvalue weighted by atomic mass is 35.5. The molecule has 5 rings (SSSR count). The van der Waals surface area contributed by atoms with Crippen molar-refractivity contribution in [3.8, 4) is 0 Å². The Labute approximate surface area is 186 Å². The van der Waals surface area contributed by atoms with Crippen molar-refractivity contribution in [3.05, 3.63) is 57.2 Å². The fourth-order valence-electron chi connectivity index (χ4n) is 4.23. The van der Waals surface area contributed by atoms with Crippen LogP contribution >= 0.6 is 23.4 Å². The summed E-state index contributed by atoms with van der Waals surface area (Å²) >= 11 is 7.51. The van der Waals surface area contributed by atoms with Crippen LogP contribution < -0.4 is 15.2 Å². The van der Waals surface area contributed by atoms with E-state index >= 15 is 4.39 Å². The molecule has 1 fully saturated rings. The zero-order valence-electron chi connectivity index (χ0n) is 16.3. The van der Waals surface area contributed by atoms with E-state index in [2.05, 4.69) is 9.88 Å². The number of carboxylic acid groups (broad SMARTS) is 1. The fraction of sp³-hybridized carbons (Fsp3) is 0.286. The summed E-state index contributed by atoms with van der Waals surface area (Å²) in [7, 11) is 0. The topological polar surface area (TPSA) is 78.7 Å². The van der Waals surface area contributed by atoms with Crippen molar-refractivity contribution in [2.24, 2.45) is 0 Å². The van der Waals surface area contributed by atoms with Gasteiger partial charge in [-0.25, -0.2) is 14.2 Å². The summed E-state index contributed by atoms with van der Waals surface area (Å²) in [6.07, 6.45) is 1.38. The van der Waals surface area contributed by atoms with Gasteiger partial charge in [0.15, 0.2) is 0 Å². The van der Waals surface area contributed by atoms with Crippen LogP contribution in [0.1, 0.15) is 10.4 Å². The number of carbonyl (C=O) groups is 1. The Morgan fingerprint density at radius 3 is 2.61 bits per heavy atom. The maximum atomic E-state index is 15.3. The molecule has 31 heavy (non-hydrogen) atoms. The summed E-state index contributed by atoms with van der Waals surface area (Å²) in [6, 6.07) is 6.67. The van der Waals surface area contributed by atoms with Gasteiger partial charge in [-0.15, -0.1) is 11.8 Å². The van der Waals surface area contributed by atoms with E-state index in [4.69, 9.17) is 11.6 Å². The standard InChI is InChI=1S/C21H18ClFN4O3S/c22-15-2-1-3-16(24-15)25-4-6-26(7-5-25)18-14(23)10-12-17-20(18)31-9-8-27(17)11-13(19(12)28)21(29)30/h1-3,10-11H,4-9H2,(H,29,30). The minimum absolute atomic E-state index is 0.116. The molecule has 2 aliphatic heterocycles. The quantitative estimate of drug-likeness (QED) is 0.600. The Morgan fingerprint density at radius 2 is 1.90 bits per heavy atom. The normalized spacial score (nSPS) is 16.1. The number of piperazine rings is 1. The number of rotatable bonds is 3. The first-order chi connectivity index (χ1) is 14.9. The highest BCUT2D eigenvalue weighted by Crippen LogP contribution is 2.41. The molecule has 0 saturated carbocycles. The number of anilines is 2. The molecule has 0 spiro atoms. The number of hydrogen-bond acceptors (Lipinski definition) is 6. The molecule has 160 valence electrons. The smallest absolute Gasteiger partial charge is 0.341 e. The van der Waals surface area contributed by atoms with Gasteiger partial charge in [0.1, 0.15) is 22.4 Å². The molecule has 0 atom stereocenters. The second-order valence-electron chi connectivity index (χ2n) is 7.44. The molecule has 3 aromatic rings. The molecule has 1 N–H and O–H groups in total. The number of aryl methyl sites for hydroxylation is 1. The number of benzene rings is 1. The van der Waals surface area contributed by atoms with E-state index in [-0.39, 0.29) is 10.9 Å². The van der Waals surface area contributed by atoms with Gasteiger partial charge in [0.05, 0.1) is 21.5 Å². The molecule has 1 aromatic carbocycles. The maximum absolute atomic E-state index is 15.3. The van der Waals surface area contributed by atoms with Crippen molar-refractivity contribution in [3.63, 3.8) is 0 Å². The monoisotopic (exact) mass is 460 g/mol. The van der Waals surface area contributed by atoms with Gasteiger partial charge < -0.3 is 19.5 Å². The van der Waals surface area contributed by atoms with Crippen molar-refractivity contribution >= 4 is 51.7 Å². The molecule has 2 aromatic heterocycles. The molecule has 0 aliphatic carbocycles. The summed E-state index contributed by atoms with van der Waals surface area (Å²) in [6.45, 7) is 3.04. The van der Waals surface area contributed by atoms with E-state index in [1.165, 1.54) is 24.0 Å². The van der Waals surface area contributed by atoms with E-state index in [9.17, 15) is 14.7 Å². The zero-order chi connectivity index (χ0) is 21.7. The van der Waals surface area contributed by atoms with Crippen LogP contribution in [0.3, 0.4) is 0 Å². The number of aromatic nitrogens is 2. The minimum Gasteiger partial charge on any atom is -0.477 e. The predicted molar refractivity (Wildman–Crippen MR) is 120 cm³/mol. The molecule has 7 nitrogen and oxygen atoms in total. The molecule has 1 saturated heterocycles. The first kappa shape index (κ1) is 20.1. The van der Waals surface area contributed by atoms with Crippen molar-refractivity contribution in [2.75, 3.05) is 41.7 Å². The van der Waals surface area contributed by atoms with Gasteiger partial charge in [0, 0.05) is 44.7 Å². The predicted octanol–water partition coefficient (Wildman–Crippen LogP) is 3.32. The minimum atomic E-state index is -1.30. The molecule has 10 heteroatoms. The second-order valence-corrected chi connectivity index (χ2v) is 8.94. The fourth-order valence-corrected chi connectivity index (χ4v) is 5.61. The molecule has 0 amide bonds. The van der Waals surface area contributed by atoms with Crippen LogP contribution in [0.25, 0.3) is 10.9 Å². The Hall–Kier alpha value is -2.78. The van der Waals surface area contributed by atoms with Crippen LogP contribution in [0.5, 0.6) is 0 Å². The van der Waals surface area contributed by atoms with Gasteiger partial charge >= 0.3 is 5.97 Å². The van der Waals surface area contributed by atoms with E-state index in [0.29, 0.717) is 59.7 Å². The lowest BCUT2D eigenvalue weighted by Crippen LogP contribution is -2.47. The third-order valence-corrected chi connectivity index (χ3v) is 6.95. The number of aromatic carboxylic acids is 1. The van der Waals surface area contributed by atoms with Gasteiger partial charge in [0.2, 0.25) is 5.43 Å². The second kappa shape index (κ2) is 7.72. The first-order valence-electron chi connectivity index (χ1n) is 9.82. The van der Waals surface area contributed by atoms with Crippen molar-refractivity contribution in [2.45, 2.75) is 11.4 Å². The highest BCUT2D eigenvalue weighted by Gasteiger charge is 2.29. The number of carboxylic acids is 1. The number of hydrogen-bond donors (Lipinski definition) is 1. The highest BCUT2D eigenvalue weighted by molar-refractivity contribution is 7.99. The summed E-state index contributed by atoms with van der Waals surface area (Å²) in [5.74, 6) is -0.340. The number of nitrogens with zero attached hydrogens (tertiary/aromatic N) is 4. The van der Waals surface area contributed by atoms with Crippen LogP contribution in [-0.4, -0.2) is 52.6 Å². The summed E-state index contributed by atoms with van der Waals surface area (Å²) in [5.41, 5.74) is 0.110. The van der Waals surface area contributed by atoms with Gasteiger partial charge in [-0.3, -0.25) is 4.79 Å². The number of halogens is 2. The van der Waals surface area contributed by atoms with E-state index in [1.54, 1.807) is 10.6 Å². The van der Waals surface area contributed by atoms with Crippen LogP contribution in [-0.2, 0) is 6.54 Å².